The summed E-state index contributed by atoms with van der Waals surface area (Å²) in [5.41, 5.74) is 5.39. The van der Waals surface area contributed by atoms with Crippen LogP contribution < -0.4 is 0 Å². The van der Waals surface area contributed by atoms with Gasteiger partial charge >= 0.3 is 0 Å². The maximum atomic E-state index is 13.3. The van der Waals surface area contributed by atoms with E-state index in [-0.39, 0.29) is 5.82 Å². The molecule has 0 radical (unpaired) electrons. The van der Waals surface area contributed by atoms with E-state index in [0.717, 1.165) is 28.4 Å². The number of nitrogens with zero attached hydrogens (tertiary/aromatic N) is 3. The highest BCUT2D eigenvalue weighted by Crippen LogP contribution is 2.23. The molecule has 0 fully saturated rings. The minimum Gasteiger partial charge on any atom is -0.437 e. The molecule has 144 valence electrons. The van der Waals surface area contributed by atoms with Crippen LogP contribution in [0.2, 0.25) is 0 Å². The lowest BCUT2D eigenvalue weighted by atomic mass is 10.2. The molecule has 4 aromatic rings. The van der Waals surface area contributed by atoms with E-state index in [1.54, 1.807) is 18.3 Å². The molecule has 6 heteroatoms. The molecule has 0 aliphatic heterocycles. The number of pyridine rings is 1. The Morgan fingerprint density at radius 3 is 2.68 bits per heavy atom. The Hall–Kier alpha value is -2.86. The Morgan fingerprint density at radius 1 is 1.18 bits per heavy atom. The first kappa shape index (κ1) is 19.9. The predicted molar refractivity (Wildman–Crippen MR) is 115 cm³/mol. The van der Waals surface area contributed by atoms with Gasteiger partial charge in [-0.3, -0.25) is 4.98 Å². The third-order valence-electron chi connectivity index (χ3n) is 4.15. The molecule has 3 heterocycles. The van der Waals surface area contributed by atoms with E-state index in [2.05, 4.69) is 47.1 Å². The molecule has 0 saturated carbocycles. The fraction of sp³-hybridized carbons (Fsp3) is 0.182. The SMILES string of the molecule is CCS.Cc1cc(/C=C/c2nc3cc(F)ccc3o2)c(C)n1-c1cccnc1. The van der Waals surface area contributed by atoms with Crippen molar-refractivity contribution in [1.82, 2.24) is 14.5 Å². The topological polar surface area (TPSA) is 43.9 Å². The van der Waals surface area contributed by atoms with Gasteiger partial charge in [-0.05, 0) is 61.6 Å². The van der Waals surface area contributed by atoms with Gasteiger partial charge in [0.25, 0.3) is 0 Å². The van der Waals surface area contributed by atoms with Crippen LogP contribution in [0, 0.1) is 19.7 Å². The molecule has 1 aromatic carbocycles. The molecule has 0 atom stereocenters. The molecule has 0 bridgehead atoms. The minimum absolute atomic E-state index is 0.323. The third kappa shape index (κ3) is 4.34. The van der Waals surface area contributed by atoms with E-state index in [1.807, 2.05) is 31.3 Å². The van der Waals surface area contributed by atoms with Gasteiger partial charge < -0.3 is 8.98 Å². The van der Waals surface area contributed by atoms with Crippen LogP contribution in [0.5, 0.6) is 0 Å². The first-order valence-electron chi connectivity index (χ1n) is 8.98. The smallest absolute Gasteiger partial charge is 0.220 e. The van der Waals surface area contributed by atoms with Gasteiger partial charge in [0.2, 0.25) is 5.89 Å². The van der Waals surface area contributed by atoms with Crippen LogP contribution in [-0.2, 0) is 0 Å². The number of hydrogen-bond donors (Lipinski definition) is 1. The van der Waals surface area contributed by atoms with E-state index >= 15 is 0 Å². The van der Waals surface area contributed by atoms with Crippen LogP contribution in [-0.4, -0.2) is 20.3 Å². The molecular formula is C22H22FN3OS. The van der Waals surface area contributed by atoms with Gasteiger partial charge in [0.05, 0.1) is 11.9 Å². The number of benzene rings is 1. The van der Waals surface area contributed by atoms with Crippen LogP contribution in [0.25, 0.3) is 28.9 Å². The zero-order valence-corrected chi connectivity index (χ0v) is 17.0. The second-order valence-electron chi connectivity index (χ2n) is 6.19. The number of aryl methyl sites for hydroxylation is 1. The average Bonchev–Trinajstić information content (AvgIpc) is 3.20. The van der Waals surface area contributed by atoms with Crippen molar-refractivity contribution in [2.24, 2.45) is 0 Å². The van der Waals surface area contributed by atoms with Crippen molar-refractivity contribution in [1.29, 1.82) is 0 Å². The number of aromatic nitrogens is 3. The Kier molecular flexibility index (Phi) is 6.31. The summed E-state index contributed by atoms with van der Waals surface area (Å²) < 4.78 is 21.0. The molecule has 0 N–H and O–H groups in total. The second kappa shape index (κ2) is 8.89. The monoisotopic (exact) mass is 395 g/mol. The van der Waals surface area contributed by atoms with E-state index in [0.29, 0.717) is 17.0 Å². The number of fused-ring (bicyclic) bond motifs is 1. The Labute approximate surface area is 169 Å². The molecule has 0 unspecified atom stereocenters. The lowest BCUT2D eigenvalue weighted by Gasteiger charge is -2.08. The zero-order chi connectivity index (χ0) is 20.1. The molecule has 28 heavy (non-hydrogen) atoms. The summed E-state index contributed by atoms with van der Waals surface area (Å²) in [5.74, 6) is 1.07. The fourth-order valence-electron chi connectivity index (χ4n) is 2.99. The van der Waals surface area contributed by atoms with E-state index in [1.165, 1.54) is 12.1 Å². The van der Waals surface area contributed by atoms with E-state index in [4.69, 9.17) is 4.42 Å². The molecular weight excluding hydrogens is 373 g/mol. The third-order valence-corrected chi connectivity index (χ3v) is 4.15. The Morgan fingerprint density at radius 2 is 1.96 bits per heavy atom. The van der Waals surface area contributed by atoms with Gasteiger partial charge in [-0.2, -0.15) is 12.6 Å². The van der Waals surface area contributed by atoms with Gasteiger partial charge in [0, 0.05) is 29.7 Å². The summed E-state index contributed by atoms with van der Waals surface area (Å²) in [6.07, 6.45) is 7.35. The van der Waals surface area contributed by atoms with Crippen LogP contribution in [0.3, 0.4) is 0 Å². The molecule has 0 saturated heterocycles. The first-order chi connectivity index (χ1) is 13.5. The van der Waals surface area contributed by atoms with Gasteiger partial charge in [-0.15, -0.1) is 0 Å². The Balaban J connectivity index is 0.000000706. The quantitative estimate of drug-likeness (QED) is 0.441. The highest BCUT2D eigenvalue weighted by Gasteiger charge is 2.09. The standard InChI is InChI=1S/C20H16FN3O.C2H6S/c1-13-10-15(14(2)24(13)17-4-3-9-22-12-17)5-8-20-23-18-11-16(21)6-7-19(18)25-20;1-2-3/h3-12H,1-2H3;3H,2H2,1H3/b8-5+;. The van der Waals surface area contributed by atoms with E-state index < -0.39 is 0 Å². The predicted octanol–water partition coefficient (Wildman–Crippen LogP) is 5.88. The molecule has 4 rings (SSSR count). The van der Waals surface area contributed by atoms with Crippen molar-refractivity contribution >= 4 is 35.9 Å². The maximum absolute atomic E-state index is 13.3. The van der Waals surface area contributed by atoms with Crippen molar-refractivity contribution in [3.63, 3.8) is 0 Å². The lowest BCUT2D eigenvalue weighted by molar-refractivity contribution is 0.588. The van der Waals surface area contributed by atoms with Crippen molar-refractivity contribution in [2.45, 2.75) is 20.8 Å². The summed E-state index contributed by atoms with van der Waals surface area (Å²) in [5, 5.41) is 0. The summed E-state index contributed by atoms with van der Waals surface area (Å²) in [4.78, 5) is 8.48. The first-order valence-corrected chi connectivity index (χ1v) is 9.61. The molecule has 4 nitrogen and oxygen atoms in total. The van der Waals surface area contributed by atoms with Crippen molar-refractivity contribution in [3.05, 3.63) is 77.5 Å². The summed E-state index contributed by atoms with van der Waals surface area (Å²) in [6.45, 7) is 6.10. The molecule has 0 aliphatic carbocycles. The van der Waals surface area contributed by atoms with Crippen LogP contribution in [0.15, 0.2) is 53.2 Å². The summed E-state index contributed by atoms with van der Waals surface area (Å²) in [6, 6.07) is 10.4. The van der Waals surface area contributed by atoms with Gasteiger partial charge in [-0.1, -0.05) is 6.92 Å². The number of hydrogen-bond acceptors (Lipinski definition) is 4. The number of thiol groups is 1. The average molecular weight is 396 g/mol. The van der Waals surface area contributed by atoms with Gasteiger partial charge in [-0.25, -0.2) is 9.37 Å². The molecule has 0 aliphatic rings. The van der Waals surface area contributed by atoms with Crippen LogP contribution in [0.1, 0.15) is 29.8 Å². The highest BCUT2D eigenvalue weighted by atomic mass is 32.1. The maximum Gasteiger partial charge on any atom is 0.220 e. The highest BCUT2D eigenvalue weighted by molar-refractivity contribution is 7.80. The second-order valence-corrected chi connectivity index (χ2v) is 6.82. The minimum atomic E-state index is -0.323. The number of rotatable bonds is 3. The van der Waals surface area contributed by atoms with Crippen molar-refractivity contribution in [3.8, 4) is 5.69 Å². The van der Waals surface area contributed by atoms with Crippen molar-refractivity contribution < 1.29 is 8.81 Å². The summed E-state index contributed by atoms with van der Waals surface area (Å²) >= 11 is 3.79. The van der Waals surface area contributed by atoms with E-state index in [9.17, 15) is 4.39 Å². The molecule has 0 spiro atoms. The van der Waals surface area contributed by atoms with Gasteiger partial charge in [0.1, 0.15) is 11.3 Å². The Bertz CT molecular complexity index is 1100. The molecule has 0 amide bonds. The number of oxazole rings is 1. The molecule has 3 aromatic heterocycles. The van der Waals surface area contributed by atoms with Crippen LogP contribution in [0.4, 0.5) is 4.39 Å². The van der Waals surface area contributed by atoms with Gasteiger partial charge in [0.15, 0.2) is 5.58 Å². The normalized spacial score (nSPS) is 11.0. The fourth-order valence-corrected chi connectivity index (χ4v) is 2.99. The number of halogens is 1. The van der Waals surface area contributed by atoms with Crippen molar-refractivity contribution in [2.75, 3.05) is 5.75 Å². The lowest BCUT2D eigenvalue weighted by Crippen LogP contribution is -1.99. The largest absolute Gasteiger partial charge is 0.437 e. The zero-order valence-electron chi connectivity index (χ0n) is 16.1. The summed E-state index contributed by atoms with van der Waals surface area (Å²) in [7, 11) is 0. The van der Waals surface area contributed by atoms with Crippen LogP contribution >= 0.6 is 12.6 Å².